The lowest BCUT2D eigenvalue weighted by atomic mass is 10.1. The minimum absolute atomic E-state index is 0.0769. The van der Waals surface area contributed by atoms with Gasteiger partial charge in [0.1, 0.15) is 6.54 Å². The van der Waals surface area contributed by atoms with E-state index in [9.17, 15) is 4.79 Å². The highest BCUT2D eigenvalue weighted by Gasteiger charge is 2.11. The van der Waals surface area contributed by atoms with E-state index in [2.05, 4.69) is 36.7 Å². The molecule has 0 aliphatic rings. The zero-order valence-corrected chi connectivity index (χ0v) is 12.6. The van der Waals surface area contributed by atoms with Crippen molar-refractivity contribution in [2.45, 2.75) is 58.7 Å². The van der Waals surface area contributed by atoms with E-state index in [0.29, 0.717) is 12.6 Å². The molecular weight excluding hydrogens is 238 g/mol. The fourth-order valence-electron chi connectivity index (χ4n) is 2.12. The van der Waals surface area contributed by atoms with Crippen LogP contribution in [-0.2, 0) is 11.3 Å². The summed E-state index contributed by atoms with van der Waals surface area (Å²) in [6.07, 6.45) is 7.25. The molecule has 4 heteroatoms. The number of hydrogen-bond acceptors (Lipinski definition) is 2. The molecule has 0 aliphatic heterocycles. The summed E-state index contributed by atoms with van der Waals surface area (Å²) in [6.45, 7) is 6.67. The maximum absolute atomic E-state index is 11.8. The Morgan fingerprint density at radius 3 is 2.74 bits per heavy atom. The molecule has 0 radical (unpaired) electrons. The van der Waals surface area contributed by atoms with E-state index < -0.39 is 0 Å². The van der Waals surface area contributed by atoms with Crippen LogP contribution in [0.1, 0.15) is 51.6 Å². The van der Waals surface area contributed by atoms with Crippen molar-refractivity contribution in [2.75, 3.05) is 7.05 Å². The summed E-state index contributed by atoms with van der Waals surface area (Å²) in [6, 6.07) is 2.71. The summed E-state index contributed by atoms with van der Waals surface area (Å²) in [4.78, 5) is 11.8. The first kappa shape index (κ1) is 15.8. The average Bonchev–Trinajstić information content (AvgIpc) is 2.83. The maximum Gasteiger partial charge on any atom is 0.240 e. The fraction of sp³-hybridized carbons (Fsp3) is 0.667. The van der Waals surface area contributed by atoms with Crippen molar-refractivity contribution in [1.29, 1.82) is 0 Å². The molecule has 0 bridgehead atoms. The summed E-state index contributed by atoms with van der Waals surface area (Å²) < 4.78 is 1.95. The number of amides is 1. The predicted molar refractivity (Wildman–Crippen MR) is 79.0 cm³/mol. The Balaban J connectivity index is 2.56. The van der Waals surface area contributed by atoms with Crippen LogP contribution in [0.5, 0.6) is 0 Å². The van der Waals surface area contributed by atoms with Crippen LogP contribution >= 0.6 is 0 Å². The van der Waals surface area contributed by atoms with Gasteiger partial charge in [0.05, 0.1) is 0 Å². The first-order valence-electron chi connectivity index (χ1n) is 7.23. The van der Waals surface area contributed by atoms with E-state index in [1.807, 2.05) is 24.7 Å². The Labute approximate surface area is 116 Å². The lowest BCUT2D eigenvalue weighted by molar-refractivity contribution is -0.122. The van der Waals surface area contributed by atoms with Crippen LogP contribution in [-0.4, -0.2) is 23.6 Å². The zero-order valence-electron chi connectivity index (χ0n) is 12.6. The van der Waals surface area contributed by atoms with Gasteiger partial charge in [0.15, 0.2) is 0 Å². The number of nitrogens with zero attached hydrogens (tertiary/aromatic N) is 1. The van der Waals surface area contributed by atoms with Gasteiger partial charge in [-0.1, -0.05) is 20.3 Å². The van der Waals surface area contributed by atoms with E-state index in [-0.39, 0.29) is 11.9 Å². The molecule has 0 aromatic carbocycles. The van der Waals surface area contributed by atoms with Gasteiger partial charge in [0.25, 0.3) is 0 Å². The zero-order chi connectivity index (χ0) is 14.3. The number of aromatic nitrogens is 1. The van der Waals surface area contributed by atoms with Gasteiger partial charge in [-0.3, -0.25) is 4.79 Å². The number of carbonyl (C=O) groups excluding carboxylic acids is 1. The van der Waals surface area contributed by atoms with Crippen molar-refractivity contribution in [3.63, 3.8) is 0 Å². The van der Waals surface area contributed by atoms with Crippen LogP contribution < -0.4 is 10.6 Å². The SMILES string of the molecule is CCCC(NC)c1ccn(CC(=O)NC(C)CC)c1. The van der Waals surface area contributed by atoms with E-state index in [1.54, 1.807) is 0 Å². The first-order chi connectivity index (χ1) is 9.10. The van der Waals surface area contributed by atoms with Crippen LogP contribution in [0.25, 0.3) is 0 Å². The van der Waals surface area contributed by atoms with Gasteiger partial charge in [0.2, 0.25) is 5.91 Å². The maximum atomic E-state index is 11.8. The Morgan fingerprint density at radius 2 is 2.16 bits per heavy atom. The molecular formula is C15H27N3O. The summed E-state index contributed by atoms with van der Waals surface area (Å²) in [5, 5.41) is 6.29. The molecule has 2 N–H and O–H groups in total. The molecule has 1 amide bonds. The van der Waals surface area contributed by atoms with E-state index in [0.717, 1.165) is 19.3 Å². The molecule has 0 saturated heterocycles. The van der Waals surface area contributed by atoms with Gasteiger partial charge >= 0.3 is 0 Å². The minimum atomic E-state index is 0.0769. The number of nitrogens with one attached hydrogen (secondary N) is 2. The lowest BCUT2D eigenvalue weighted by Crippen LogP contribution is -2.34. The highest BCUT2D eigenvalue weighted by Crippen LogP contribution is 2.18. The molecule has 0 fully saturated rings. The molecule has 2 atom stereocenters. The van der Waals surface area contributed by atoms with Crippen LogP contribution in [0.2, 0.25) is 0 Å². The molecule has 1 aromatic rings. The summed E-state index contributed by atoms with van der Waals surface area (Å²) >= 11 is 0. The van der Waals surface area contributed by atoms with Crippen LogP contribution in [0, 0.1) is 0 Å². The van der Waals surface area contributed by atoms with Crippen molar-refractivity contribution in [2.24, 2.45) is 0 Å². The fourth-order valence-corrected chi connectivity index (χ4v) is 2.12. The van der Waals surface area contributed by atoms with E-state index >= 15 is 0 Å². The third kappa shape index (κ3) is 5.07. The largest absolute Gasteiger partial charge is 0.352 e. The Kier molecular flexibility index (Phi) is 6.64. The highest BCUT2D eigenvalue weighted by molar-refractivity contribution is 5.76. The molecule has 0 aliphatic carbocycles. The third-order valence-electron chi connectivity index (χ3n) is 3.45. The Hall–Kier alpha value is -1.29. The van der Waals surface area contributed by atoms with Gasteiger partial charge < -0.3 is 15.2 Å². The third-order valence-corrected chi connectivity index (χ3v) is 3.45. The second-order valence-electron chi connectivity index (χ2n) is 5.12. The van der Waals surface area contributed by atoms with E-state index in [4.69, 9.17) is 0 Å². The minimum Gasteiger partial charge on any atom is -0.352 e. The van der Waals surface area contributed by atoms with Gasteiger partial charge in [-0.2, -0.15) is 0 Å². The highest BCUT2D eigenvalue weighted by atomic mass is 16.2. The van der Waals surface area contributed by atoms with Crippen LogP contribution in [0.15, 0.2) is 18.5 Å². The smallest absolute Gasteiger partial charge is 0.240 e. The number of carbonyl (C=O) groups is 1. The number of rotatable bonds is 8. The van der Waals surface area contributed by atoms with Crippen molar-refractivity contribution in [3.05, 3.63) is 24.0 Å². The molecule has 1 heterocycles. The molecule has 1 rings (SSSR count). The monoisotopic (exact) mass is 265 g/mol. The van der Waals surface area contributed by atoms with E-state index in [1.165, 1.54) is 5.56 Å². The van der Waals surface area contributed by atoms with Crippen LogP contribution in [0.4, 0.5) is 0 Å². The topological polar surface area (TPSA) is 46.1 Å². The molecule has 108 valence electrons. The second kappa shape index (κ2) is 8.00. The molecule has 4 nitrogen and oxygen atoms in total. The first-order valence-corrected chi connectivity index (χ1v) is 7.23. The normalized spacial score (nSPS) is 14.1. The summed E-state index contributed by atoms with van der Waals surface area (Å²) in [7, 11) is 1.98. The molecule has 0 spiro atoms. The van der Waals surface area contributed by atoms with Crippen molar-refractivity contribution in [3.8, 4) is 0 Å². The van der Waals surface area contributed by atoms with Gasteiger partial charge in [-0.15, -0.1) is 0 Å². The van der Waals surface area contributed by atoms with Gasteiger partial charge in [-0.25, -0.2) is 0 Å². The molecule has 2 unspecified atom stereocenters. The van der Waals surface area contributed by atoms with Crippen molar-refractivity contribution in [1.82, 2.24) is 15.2 Å². The van der Waals surface area contributed by atoms with Gasteiger partial charge in [-0.05, 0) is 38.4 Å². The van der Waals surface area contributed by atoms with Crippen molar-refractivity contribution < 1.29 is 4.79 Å². The number of hydrogen-bond donors (Lipinski definition) is 2. The lowest BCUT2D eigenvalue weighted by Gasteiger charge is -2.14. The predicted octanol–water partition coefficient (Wildman–Crippen LogP) is 2.46. The molecule has 19 heavy (non-hydrogen) atoms. The molecule has 1 aromatic heterocycles. The van der Waals surface area contributed by atoms with Gasteiger partial charge in [0, 0.05) is 24.5 Å². The summed E-state index contributed by atoms with van der Waals surface area (Å²) in [5.41, 5.74) is 1.25. The standard InChI is InChI=1S/C15H27N3O/c1-5-7-14(16-4)13-8-9-18(10-13)11-15(19)17-12(3)6-2/h8-10,12,14,16H,5-7,11H2,1-4H3,(H,17,19). The van der Waals surface area contributed by atoms with Crippen molar-refractivity contribution >= 4 is 5.91 Å². The second-order valence-corrected chi connectivity index (χ2v) is 5.12. The Morgan fingerprint density at radius 1 is 1.42 bits per heavy atom. The average molecular weight is 265 g/mol. The van der Waals surface area contributed by atoms with Crippen LogP contribution in [0.3, 0.4) is 0 Å². The molecule has 0 saturated carbocycles. The Bertz CT molecular complexity index is 386. The summed E-state index contributed by atoms with van der Waals surface area (Å²) in [5.74, 6) is 0.0769. The quantitative estimate of drug-likeness (QED) is 0.758.